The van der Waals surface area contributed by atoms with E-state index in [4.69, 9.17) is 5.73 Å². The molecule has 2 rings (SSSR count). The monoisotopic (exact) mass is 232 g/mol. The number of anilines is 1. The highest BCUT2D eigenvalue weighted by atomic mass is 32.2. The van der Waals surface area contributed by atoms with E-state index in [1.807, 2.05) is 0 Å². The van der Waals surface area contributed by atoms with Crippen LogP contribution < -0.4 is 5.73 Å². The van der Waals surface area contributed by atoms with E-state index in [9.17, 15) is 8.42 Å². The normalized spacial score (nSPS) is 17.6. The van der Waals surface area contributed by atoms with Crippen LogP contribution in [0, 0.1) is 0 Å². The molecule has 0 radical (unpaired) electrons. The fourth-order valence-electron chi connectivity index (χ4n) is 1.24. The molecule has 1 aliphatic carbocycles. The van der Waals surface area contributed by atoms with Crippen molar-refractivity contribution in [2.75, 3.05) is 12.8 Å². The van der Waals surface area contributed by atoms with E-state index in [0.29, 0.717) is 9.90 Å². The van der Waals surface area contributed by atoms with Gasteiger partial charge in [-0.15, -0.1) is 11.3 Å². The summed E-state index contributed by atoms with van der Waals surface area (Å²) in [5.41, 5.74) is 6.01. The number of nitrogen functional groups attached to an aromatic ring is 1. The Bertz CT molecular complexity index is 434. The van der Waals surface area contributed by atoms with Gasteiger partial charge >= 0.3 is 0 Å². The lowest BCUT2D eigenvalue weighted by Crippen LogP contribution is -2.28. The van der Waals surface area contributed by atoms with Crippen molar-refractivity contribution >= 4 is 27.0 Å². The highest BCUT2D eigenvalue weighted by Gasteiger charge is 2.35. The Hall–Kier alpha value is -0.590. The lowest BCUT2D eigenvalue weighted by Gasteiger charge is -2.14. The zero-order chi connectivity index (χ0) is 10.3. The third-order valence-corrected chi connectivity index (χ3v) is 5.63. The van der Waals surface area contributed by atoms with Crippen molar-refractivity contribution in [3.05, 3.63) is 11.4 Å². The molecule has 0 saturated heterocycles. The predicted molar refractivity (Wildman–Crippen MR) is 56.7 cm³/mol. The van der Waals surface area contributed by atoms with E-state index in [-0.39, 0.29) is 6.04 Å². The molecule has 0 bridgehead atoms. The van der Waals surface area contributed by atoms with E-state index < -0.39 is 10.0 Å². The quantitative estimate of drug-likeness (QED) is 0.849. The SMILES string of the molecule is CN(C1CC1)S(=O)(=O)c1cc(N)cs1. The number of nitrogens with two attached hydrogens (primary N) is 1. The van der Waals surface area contributed by atoms with Gasteiger partial charge < -0.3 is 5.73 Å². The van der Waals surface area contributed by atoms with Crippen molar-refractivity contribution in [1.29, 1.82) is 0 Å². The van der Waals surface area contributed by atoms with Crippen molar-refractivity contribution in [1.82, 2.24) is 4.31 Å². The summed E-state index contributed by atoms with van der Waals surface area (Å²) in [5, 5.41) is 1.65. The van der Waals surface area contributed by atoms with Crippen LogP contribution in [0.2, 0.25) is 0 Å². The van der Waals surface area contributed by atoms with Crippen LogP contribution in [0.4, 0.5) is 5.69 Å². The number of thiophene rings is 1. The molecule has 2 N–H and O–H groups in total. The first-order valence-electron chi connectivity index (χ1n) is 4.34. The van der Waals surface area contributed by atoms with Crippen molar-refractivity contribution in [3.63, 3.8) is 0 Å². The fourth-order valence-corrected chi connectivity index (χ4v) is 3.92. The zero-order valence-electron chi connectivity index (χ0n) is 7.80. The van der Waals surface area contributed by atoms with E-state index in [2.05, 4.69) is 0 Å². The van der Waals surface area contributed by atoms with Crippen LogP contribution in [0.15, 0.2) is 15.7 Å². The number of nitrogens with zero attached hydrogens (tertiary/aromatic N) is 1. The van der Waals surface area contributed by atoms with Gasteiger partial charge in [0.2, 0.25) is 0 Å². The Balaban J connectivity index is 2.31. The molecule has 1 saturated carbocycles. The van der Waals surface area contributed by atoms with Crippen LogP contribution in [0.3, 0.4) is 0 Å². The van der Waals surface area contributed by atoms with Crippen LogP contribution in [0.25, 0.3) is 0 Å². The molecule has 1 fully saturated rings. The maximum absolute atomic E-state index is 11.9. The minimum Gasteiger partial charge on any atom is -0.398 e. The molecule has 1 aromatic rings. The highest BCUT2D eigenvalue weighted by Crippen LogP contribution is 2.32. The molecule has 14 heavy (non-hydrogen) atoms. The Morgan fingerprint density at radius 3 is 2.64 bits per heavy atom. The Labute approximate surface area is 87.4 Å². The molecule has 0 amide bonds. The summed E-state index contributed by atoms with van der Waals surface area (Å²) in [6.45, 7) is 0. The Kier molecular flexibility index (Phi) is 2.29. The van der Waals surface area contributed by atoms with E-state index >= 15 is 0 Å². The first kappa shape index (κ1) is 9.95. The molecule has 1 heterocycles. The number of hydrogen-bond acceptors (Lipinski definition) is 4. The van der Waals surface area contributed by atoms with Gasteiger partial charge in [0.05, 0.1) is 0 Å². The van der Waals surface area contributed by atoms with E-state index in [0.717, 1.165) is 12.8 Å². The van der Waals surface area contributed by atoms with Crippen LogP contribution >= 0.6 is 11.3 Å². The third-order valence-electron chi connectivity index (χ3n) is 2.29. The summed E-state index contributed by atoms with van der Waals surface area (Å²) < 4.78 is 25.6. The average Bonchev–Trinajstić information content (AvgIpc) is 2.87. The fraction of sp³-hybridized carbons (Fsp3) is 0.500. The Morgan fingerprint density at radius 1 is 1.57 bits per heavy atom. The molecule has 0 aliphatic heterocycles. The first-order valence-corrected chi connectivity index (χ1v) is 6.66. The van der Waals surface area contributed by atoms with Gasteiger partial charge in [0, 0.05) is 24.2 Å². The number of sulfonamides is 1. The van der Waals surface area contributed by atoms with Gasteiger partial charge in [-0.1, -0.05) is 0 Å². The molecule has 0 atom stereocenters. The highest BCUT2D eigenvalue weighted by molar-refractivity contribution is 7.91. The number of rotatable bonds is 3. The number of hydrogen-bond donors (Lipinski definition) is 1. The van der Waals surface area contributed by atoms with Crippen LogP contribution in [-0.2, 0) is 10.0 Å². The van der Waals surface area contributed by atoms with Gasteiger partial charge in [0.15, 0.2) is 0 Å². The molecule has 6 heteroatoms. The van der Waals surface area contributed by atoms with Crippen LogP contribution in [-0.4, -0.2) is 25.8 Å². The molecule has 4 nitrogen and oxygen atoms in total. The van der Waals surface area contributed by atoms with Crippen LogP contribution in [0.5, 0.6) is 0 Å². The topological polar surface area (TPSA) is 63.4 Å². The predicted octanol–water partition coefficient (Wildman–Crippen LogP) is 1.11. The minimum absolute atomic E-state index is 0.198. The van der Waals surface area contributed by atoms with Crippen molar-refractivity contribution in [2.24, 2.45) is 0 Å². The molecular weight excluding hydrogens is 220 g/mol. The van der Waals surface area contributed by atoms with Crippen LogP contribution in [0.1, 0.15) is 12.8 Å². The summed E-state index contributed by atoms with van der Waals surface area (Å²) in [6, 6.07) is 1.71. The van der Waals surface area contributed by atoms with Gasteiger partial charge in [0.25, 0.3) is 10.0 Å². The first-order chi connectivity index (χ1) is 6.51. The van der Waals surface area contributed by atoms with Gasteiger partial charge in [-0.2, -0.15) is 4.31 Å². The second-order valence-electron chi connectivity index (χ2n) is 3.45. The van der Waals surface area contributed by atoms with E-state index in [1.165, 1.54) is 21.7 Å². The molecule has 1 aliphatic rings. The van der Waals surface area contributed by atoms with Crippen molar-refractivity contribution < 1.29 is 8.42 Å². The lowest BCUT2D eigenvalue weighted by molar-refractivity contribution is 0.466. The molecule has 1 aromatic heterocycles. The largest absolute Gasteiger partial charge is 0.398 e. The van der Waals surface area contributed by atoms with Gasteiger partial charge in [-0.3, -0.25) is 0 Å². The summed E-state index contributed by atoms with van der Waals surface area (Å²) >= 11 is 1.18. The summed E-state index contributed by atoms with van der Waals surface area (Å²) in [6.07, 6.45) is 1.94. The maximum atomic E-state index is 11.9. The zero-order valence-corrected chi connectivity index (χ0v) is 9.44. The van der Waals surface area contributed by atoms with Crippen molar-refractivity contribution in [2.45, 2.75) is 23.1 Å². The summed E-state index contributed by atoms with van der Waals surface area (Å²) in [5.74, 6) is 0. The lowest BCUT2D eigenvalue weighted by atomic mass is 10.6. The second-order valence-corrected chi connectivity index (χ2v) is 6.59. The molecule has 0 unspecified atom stereocenters. The molecule has 78 valence electrons. The van der Waals surface area contributed by atoms with Crippen molar-refractivity contribution in [3.8, 4) is 0 Å². The maximum Gasteiger partial charge on any atom is 0.252 e. The van der Waals surface area contributed by atoms with Gasteiger partial charge in [-0.05, 0) is 18.9 Å². The molecule has 0 spiro atoms. The average molecular weight is 232 g/mol. The Morgan fingerprint density at radius 2 is 2.21 bits per heavy atom. The standard InChI is InChI=1S/C8H12N2O2S2/c1-10(7-2-3-7)14(11,12)8-4-6(9)5-13-8/h4-5,7H,2-3,9H2,1H3. The smallest absolute Gasteiger partial charge is 0.252 e. The molecule has 0 aromatic carbocycles. The minimum atomic E-state index is -3.28. The third kappa shape index (κ3) is 1.65. The second kappa shape index (κ2) is 3.22. The van der Waals surface area contributed by atoms with Gasteiger partial charge in [0.1, 0.15) is 4.21 Å². The summed E-state index contributed by atoms with van der Waals surface area (Å²) in [4.78, 5) is 0. The van der Waals surface area contributed by atoms with Gasteiger partial charge in [-0.25, -0.2) is 8.42 Å². The summed E-state index contributed by atoms with van der Waals surface area (Å²) in [7, 11) is -1.66. The molecular formula is C8H12N2O2S2. The van der Waals surface area contributed by atoms with E-state index in [1.54, 1.807) is 12.4 Å².